The highest BCUT2D eigenvalue weighted by atomic mass is 16.5. The molecule has 0 aliphatic heterocycles. The molecule has 1 unspecified atom stereocenters. The van der Waals surface area contributed by atoms with E-state index in [9.17, 15) is 4.79 Å². The van der Waals surface area contributed by atoms with Crippen molar-refractivity contribution in [3.8, 4) is 5.75 Å². The number of Topliss-reactive ketones (excluding diaryl/α,β-unsaturated/α-hetero) is 1. The van der Waals surface area contributed by atoms with E-state index >= 15 is 0 Å². The lowest BCUT2D eigenvalue weighted by Gasteiger charge is -2.28. The Kier molecular flexibility index (Phi) is 4.42. The van der Waals surface area contributed by atoms with Crippen molar-refractivity contribution in [1.82, 2.24) is 0 Å². The molecule has 2 aliphatic rings. The van der Waals surface area contributed by atoms with Crippen LogP contribution in [0.1, 0.15) is 50.5 Å². The minimum atomic E-state index is 0.329. The highest BCUT2D eigenvalue weighted by Crippen LogP contribution is 2.40. The molecule has 0 heterocycles. The minimum absolute atomic E-state index is 0.329. The third kappa shape index (κ3) is 3.20. The number of carbonyl (C=O) groups is 1. The van der Waals surface area contributed by atoms with Gasteiger partial charge in [-0.3, -0.25) is 4.79 Å². The van der Waals surface area contributed by atoms with Crippen LogP contribution >= 0.6 is 0 Å². The minimum Gasteiger partial charge on any atom is -0.496 e. The van der Waals surface area contributed by atoms with Gasteiger partial charge in [-0.25, -0.2) is 0 Å². The molecule has 112 valence electrons. The Bertz CT molecular complexity index is 538. The van der Waals surface area contributed by atoms with Crippen LogP contribution in [0.2, 0.25) is 0 Å². The molecule has 0 spiro atoms. The average molecular weight is 284 g/mol. The van der Waals surface area contributed by atoms with Crippen LogP contribution in [0, 0.1) is 11.8 Å². The summed E-state index contributed by atoms with van der Waals surface area (Å²) in [6.45, 7) is 0. The summed E-state index contributed by atoms with van der Waals surface area (Å²) in [5.74, 6) is 2.74. The van der Waals surface area contributed by atoms with Gasteiger partial charge in [-0.15, -0.1) is 0 Å². The third-order valence-electron chi connectivity index (χ3n) is 5.12. The van der Waals surface area contributed by atoms with E-state index in [-0.39, 0.29) is 0 Å². The average Bonchev–Trinajstić information content (AvgIpc) is 3.04. The summed E-state index contributed by atoms with van der Waals surface area (Å²) >= 11 is 0. The maximum Gasteiger partial charge on any atom is 0.158 e. The zero-order valence-corrected chi connectivity index (χ0v) is 12.8. The second-order valence-electron chi connectivity index (χ2n) is 6.38. The largest absolute Gasteiger partial charge is 0.496 e. The Morgan fingerprint density at radius 1 is 1.10 bits per heavy atom. The van der Waals surface area contributed by atoms with E-state index in [0.29, 0.717) is 11.7 Å². The summed E-state index contributed by atoms with van der Waals surface area (Å²) < 4.78 is 5.39. The summed E-state index contributed by atoms with van der Waals surface area (Å²) in [7, 11) is 1.68. The molecule has 2 heteroatoms. The van der Waals surface area contributed by atoms with E-state index in [2.05, 4.69) is 6.08 Å². The van der Waals surface area contributed by atoms with Crippen LogP contribution < -0.4 is 4.74 Å². The van der Waals surface area contributed by atoms with Gasteiger partial charge in [0, 0.05) is 12.0 Å². The van der Waals surface area contributed by atoms with Crippen molar-refractivity contribution in [2.24, 2.45) is 11.8 Å². The number of ether oxygens (including phenoxy) is 1. The lowest BCUT2D eigenvalue weighted by molar-refractivity contribution is -0.117. The SMILES string of the molecule is COc1ccccc1C=C1CC(C2CCCC2)CCC1=O. The number of allylic oxidation sites excluding steroid dienone is 1. The molecule has 1 aromatic rings. The molecule has 2 fully saturated rings. The van der Waals surface area contributed by atoms with Crippen LogP contribution in [0.25, 0.3) is 6.08 Å². The first-order chi connectivity index (χ1) is 10.3. The molecular weight excluding hydrogens is 260 g/mol. The lowest BCUT2D eigenvalue weighted by Crippen LogP contribution is -2.22. The van der Waals surface area contributed by atoms with E-state index in [1.807, 2.05) is 24.3 Å². The normalized spacial score (nSPS) is 25.5. The van der Waals surface area contributed by atoms with E-state index in [0.717, 1.165) is 42.1 Å². The van der Waals surface area contributed by atoms with Crippen molar-refractivity contribution < 1.29 is 9.53 Å². The second-order valence-corrected chi connectivity index (χ2v) is 6.38. The van der Waals surface area contributed by atoms with E-state index < -0.39 is 0 Å². The Hall–Kier alpha value is -1.57. The topological polar surface area (TPSA) is 26.3 Å². The number of ketones is 1. The molecule has 21 heavy (non-hydrogen) atoms. The fourth-order valence-electron chi connectivity index (χ4n) is 3.92. The Labute approximate surface area is 127 Å². The first-order valence-corrected chi connectivity index (χ1v) is 8.14. The molecule has 1 aromatic carbocycles. The van der Waals surface area contributed by atoms with Crippen molar-refractivity contribution in [2.75, 3.05) is 7.11 Å². The number of hydrogen-bond donors (Lipinski definition) is 0. The first kappa shape index (κ1) is 14.4. The summed E-state index contributed by atoms with van der Waals surface area (Å²) in [6.07, 6.45) is 10.3. The number of carbonyl (C=O) groups excluding carboxylic acids is 1. The summed E-state index contributed by atoms with van der Waals surface area (Å²) in [5, 5.41) is 0. The van der Waals surface area contributed by atoms with Crippen molar-refractivity contribution in [3.05, 3.63) is 35.4 Å². The van der Waals surface area contributed by atoms with Crippen LogP contribution in [0.4, 0.5) is 0 Å². The van der Waals surface area contributed by atoms with Gasteiger partial charge in [-0.1, -0.05) is 43.9 Å². The van der Waals surface area contributed by atoms with Crippen molar-refractivity contribution >= 4 is 11.9 Å². The maximum atomic E-state index is 12.2. The van der Waals surface area contributed by atoms with Gasteiger partial charge >= 0.3 is 0 Å². The Morgan fingerprint density at radius 2 is 1.86 bits per heavy atom. The van der Waals surface area contributed by atoms with E-state index in [1.165, 1.54) is 25.7 Å². The van der Waals surface area contributed by atoms with Gasteiger partial charge in [0.2, 0.25) is 0 Å². The summed E-state index contributed by atoms with van der Waals surface area (Å²) in [6, 6.07) is 7.94. The fraction of sp³-hybridized carbons (Fsp3) is 0.526. The predicted molar refractivity (Wildman–Crippen MR) is 85.3 cm³/mol. The van der Waals surface area contributed by atoms with Crippen LogP contribution in [0.5, 0.6) is 5.75 Å². The lowest BCUT2D eigenvalue weighted by atomic mass is 9.76. The third-order valence-corrected chi connectivity index (χ3v) is 5.12. The number of methoxy groups -OCH3 is 1. The second kappa shape index (κ2) is 6.46. The smallest absolute Gasteiger partial charge is 0.158 e. The van der Waals surface area contributed by atoms with Gasteiger partial charge in [0.05, 0.1) is 7.11 Å². The zero-order chi connectivity index (χ0) is 14.7. The quantitative estimate of drug-likeness (QED) is 0.756. The monoisotopic (exact) mass is 284 g/mol. The van der Waals surface area contributed by atoms with Crippen molar-refractivity contribution in [2.45, 2.75) is 44.9 Å². The van der Waals surface area contributed by atoms with Gasteiger partial charge in [0.15, 0.2) is 5.78 Å². The van der Waals surface area contributed by atoms with Crippen molar-refractivity contribution in [3.63, 3.8) is 0 Å². The molecule has 2 nitrogen and oxygen atoms in total. The molecule has 0 N–H and O–H groups in total. The molecule has 3 rings (SSSR count). The molecule has 2 aliphatic carbocycles. The first-order valence-electron chi connectivity index (χ1n) is 8.14. The van der Waals surface area contributed by atoms with Gasteiger partial charge in [0.1, 0.15) is 5.75 Å². The molecule has 0 saturated heterocycles. The van der Waals surface area contributed by atoms with E-state index in [4.69, 9.17) is 4.74 Å². The van der Waals surface area contributed by atoms with Gasteiger partial charge in [-0.2, -0.15) is 0 Å². The Balaban J connectivity index is 1.81. The highest BCUT2D eigenvalue weighted by Gasteiger charge is 2.31. The number of rotatable bonds is 3. The van der Waals surface area contributed by atoms with Crippen LogP contribution in [-0.2, 0) is 4.79 Å². The zero-order valence-electron chi connectivity index (χ0n) is 12.8. The predicted octanol–water partition coefficient (Wildman–Crippen LogP) is 4.64. The highest BCUT2D eigenvalue weighted by molar-refractivity contribution is 6.00. The molecule has 2 saturated carbocycles. The number of hydrogen-bond acceptors (Lipinski definition) is 2. The van der Waals surface area contributed by atoms with Crippen LogP contribution in [0.3, 0.4) is 0 Å². The molecule has 0 bridgehead atoms. The molecule has 0 amide bonds. The van der Waals surface area contributed by atoms with Crippen molar-refractivity contribution in [1.29, 1.82) is 0 Å². The summed E-state index contributed by atoms with van der Waals surface area (Å²) in [4.78, 5) is 12.2. The number of benzene rings is 1. The molecular formula is C19H24O2. The van der Waals surface area contributed by atoms with Gasteiger partial charge in [0.25, 0.3) is 0 Å². The molecule has 1 atom stereocenters. The van der Waals surface area contributed by atoms with Crippen LogP contribution in [-0.4, -0.2) is 12.9 Å². The van der Waals surface area contributed by atoms with Gasteiger partial charge in [-0.05, 0) is 42.4 Å². The maximum absolute atomic E-state index is 12.2. The number of para-hydroxylation sites is 1. The van der Waals surface area contributed by atoms with Gasteiger partial charge < -0.3 is 4.74 Å². The Morgan fingerprint density at radius 3 is 2.62 bits per heavy atom. The van der Waals surface area contributed by atoms with E-state index in [1.54, 1.807) is 7.11 Å². The summed E-state index contributed by atoms with van der Waals surface area (Å²) in [5.41, 5.74) is 2.03. The molecule has 0 aromatic heterocycles. The standard InChI is InChI=1S/C19H24O2/c1-21-19-9-5-4-8-16(19)13-17-12-15(10-11-18(17)20)14-6-2-3-7-14/h4-5,8-9,13-15H,2-3,6-7,10-12H2,1H3. The van der Waals surface area contributed by atoms with Crippen LogP contribution in [0.15, 0.2) is 29.8 Å². The fourth-order valence-corrected chi connectivity index (χ4v) is 3.92. The molecule has 0 radical (unpaired) electrons.